The van der Waals surface area contributed by atoms with Crippen molar-refractivity contribution in [3.05, 3.63) is 6.39 Å². The van der Waals surface area contributed by atoms with Crippen molar-refractivity contribution in [1.29, 1.82) is 0 Å². The average molecular weight is 290 g/mol. The van der Waals surface area contributed by atoms with Crippen molar-refractivity contribution >= 4 is 16.4 Å². The van der Waals surface area contributed by atoms with Gasteiger partial charge in [0.15, 0.2) is 0 Å². The smallest absolute Gasteiger partial charge is 0.395 e. The molecule has 2 bridgehead atoms. The highest BCUT2D eigenvalue weighted by Crippen LogP contribution is 2.26. The van der Waals surface area contributed by atoms with Crippen molar-refractivity contribution in [2.24, 2.45) is 0 Å². The fourth-order valence-electron chi connectivity index (χ4n) is 2.11. The fraction of sp³-hybridized carbons (Fsp3) is 0.625. The molecule has 0 radical (unpaired) electrons. The van der Waals surface area contributed by atoms with Crippen molar-refractivity contribution in [2.45, 2.75) is 18.9 Å². The van der Waals surface area contributed by atoms with E-state index in [9.17, 15) is 13.2 Å². The molecule has 10 nitrogen and oxygen atoms in total. The number of hydrogen-bond donors (Lipinski definition) is 0. The molecule has 0 N–H and O–H groups in total. The third-order valence-corrected chi connectivity index (χ3v) is 3.56. The summed E-state index contributed by atoms with van der Waals surface area (Å²) in [5, 5.41) is 7.32. The first kappa shape index (κ1) is 12.2. The Morgan fingerprint density at radius 1 is 1.47 bits per heavy atom. The molecule has 2 aliphatic rings. The molecule has 1 atom stereocenters. The predicted molar refractivity (Wildman–Crippen MR) is 56.8 cm³/mol. The Kier molecular flexibility index (Phi) is 2.78. The second-order valence-corrected chi connectivity index (χ2v) is 5.25. The van der Waals surface area contributed by atoms with Gasteiger partial charge >= 0.3 is 22.5 Å². The molecule has 0 aromatic carbocycles. The van der Waals surface area contributed by atoms with Crippen molar-refractivity contribution in [3.8, 4) is 6.08 Å². The van der Waals surface area contributed by atoms with E-state index in [0.29, 0.717) is 19.5 Å². The summed E-state index contributed by atoms with van der Waals surface area (Å²) in [6, 6.07) is -0.775. The van der Waals surface area contributed by atoms with Crippen molar-refractivity contribution in [2.75, 3.05) is 13.1 Å². The highest BCUT2D eigenvalue weighted by molar-refractivity contribution is 7.82. The standard InChI is InChI=1S/C8H10N4O6S/c13-8-11-3-1-2-6(4-11)12(8)18-19(14,15)17-7-10-9-5-16-7/h5-6H,1-4H2. The zero-order valence-electron chi connectivity index (χ0n) is 9.63. The van der Waals surface area contributed by atoms with Gasteiger partial charge in [0.1, 0.15) is 0 Å². The van der Waals surface area contributed by atoms with Gasteiger partial charge in [-0.2, -0.15) is 13.5 Å². The lowest BCUT2D eigenvalue weighted by Crippen LogP contribution is -2.36. The van der Waals surface area contributed by atoms with E-state index in [-0.39, 0.29) is 6.04 Å². The minimum atomic E-state index is -4.48. The minimum absolute atomic E-state index is 0.290. The normalized spacial score (nSPS) is 22.9. The number of nitrogens with zero attached hydrogens (tertiary/aromatic N) is 4. The lowest BCUT2D eigenvalue weighted by Gasteiger charge is -2.20. The fourth-order valence-corrected chi connectivity index (χ4v) is 2.77. The quantitative estimate of drug-likeness (QED) is 0.730. The van der Waals surface area contributed by atoms with E-state index in [2.05, 4.69) is 23.1 Å². The number of hydroxylamine groups is 2. The van der Waals surface area contributed by atoms with E-state index in [1.807, 2.05) is 0 Å². The van der Waals surface area contributed by atoms with Gasteiger partial charge in [0, 0.05) is 13.1 Å². The summed E-state index contributed by atoms with van der Waals surface area (Å²) in [6.07, 6.45) is 1.82. The molecule has 2 fully saturated rings. The molecule has 2 amide bonds. The van der Waals surface area contributed by atoms with Gasteiger partial charge in [-0.25, -0.2) is 4.79 Å². The van der Waals surface area contributed by atoms with Gasteiger partial charge in [-0.3, -0.25) is 0 Å². The second-order valence-electron chi connectivity index (χ2n) is 4.12. The lowest BCUT2D eigenvalue weighted by atomic mass is 10.1. The van der Waals surface area contributed by atoms with E-state index in [1.165, 1.54) is 4.90 Å². The molecule has 2 saturated heterocycles. The van der Waals surface area contributed by atoms with Crippen LogP contribution >= 0.6 is 0 Å². The SMILES string of the molecule is O=C1N2CCCC(C2)N1OS(=O)(=O)Oc1nnco1. The summed E-state index contributed by atoms with van der Waals surface area (Å²) < 4.78 is 36.8. The van der Waals surface area contributed by atoms with Crippen LogP contribution < -0.4 is 4.18 Å². The molecule has 0 saturated carbocycles. The van der Waals surface area contributed by atoms with Crippen LogP contribution in [0.25, 0.3) is 0 Å². The first-order valence-corrected chi connectivity index (χ1v) is 6.87. The number of amides is 2. The Morgan fingerprint density at radius 3 is 3.00 bits per heavy atom. The van der Waals surface area contributed by atoms with Crippen molar-refractivity contribution in [1.82, 2.24) is 20.2 Å². The van der Waals surface area contributed by atoms with Crippen LogP contribution in [0.1, 0.15) is 12.8 Å². The molecule has 1 aromatic rings. The third kappa shape index (κ3) is 2.33. The molecule has 3 rings (SSSR count). The number of hydrogen-bond acceptors (Lipinski definition) is 8. The van der Waals surface area contributed by atoms with E-state index >= 15 is 0 Å². The molecule has 3 heterocycles. The molecule has 104 valence electrons. The molecule has 0 spiro atoms. The largest absolute Gasteiger partial charge is 0.474 e. The van der Waals surface area contributed by atoms with Crippen LogP contribution in [0.15, 0.2) is 10.8 Å². The third-order valence-electron chi connectivity index (χ3n) is 2.87. The average Bonchev–Trinajstić information content (AvgIpc) is 2.93. The number of rotatable bonds is 4. The van der Waals surface area contributed by atoms with Crippen LogP contribution in [-0.2, 0) is 14.7 Å². The van der Waals surface area contributed by atoms with Crippen LogP contribution in [0, 0.1) is 0 Å². The van der Waals surface area contributed by atoms with Crippen molar-refractivity contribution < 1.29 is 26.1 Å². The molecule has 11 heteroatoms. The first-order valence-electron chi connectivity index (χ1n) is 5.53. The summed E-state index contributed by atoms with van der Waals surface area (Å²) in [7, 11) is -4.48. The Morgan fingerprint density at radius 2 is 2.32 bits per heavy atom. The van der Waals surface area contributed by atoms with Crippen LogP contribution in [0.5, 0.6) is 6.08 Å². The molecular weight excluding hydrogens is 280 g/mol. The summed E-state index contributed by atoms with van der Waals surface area (Å²) in [5.74, 6) is 0. The summed E-state index contributed by atoms with van der Waals surface area (Å²) in [5.41, 5.74) is 0. The van der Waals surface area contributed by atoms with Gasteiger partial charge in [-0.05, 0) is 12.8 Å². The Labute approximate surface area is 108 Å². The molecule has 1 aromatic heterocycles. The molecule has 19 heavy (non-hydrogen) atoms. The Hall–Kier alpha value is -1.88. The summed E-state index contributed by atoms with van der Waals surface area (Å²) >= 11 is 0. The van der Waals surface area contributed by atoms with E-state index in [1.54, 1.807) is 0 Å². The number of carbonyl (C=O) groups excluding carboxylic acids is 1. The van der Waals surface area contributed by atoms with E-state index < -0.39 is 22.5 Å². The number of urea groups is 1. The summed E-state index contributed by atoms with van der Waals surface area (Å²) in [4.78, 5) is 13.3. The predicted octanol–water partition coefficient (Wildman–Crippen LogP) is -0.475. The lowest BCUT2D eigenvalue weighted by molar-refractivity contribution is -0.0314. The topological polar surface area (TPSA) is 115 Å². The molecule has 0 aliphatic carbocycles. The van der Waals surface area contributed by atoms with Gasteiger partial charge in [-0.1, -0.05) is 5.10 Å². The Balaban J connectivity index is 1.72. The van der Waals surface area contributed by atoms with Crippen LogP contribution in [0.3, 0.4) is 0 Å². The van der Waals surface area contributed by atoms with Gasteiger partial charge in [0.25, 0.3) is 0 Å². The second kappa shape index (κ2) is 4.35. The van der Waals surface area contributed by atoms with Crippen LogP contribution in [0.2, 0.25) is 0 Å². The number of aromatic nitrogens is 2. The highest BCUT2D eigenvalue weighted by Gasteiger charge is 2.44. The molecule has 2 aliphatic heterocycles. The zero-order valence-corrected chi connectivity index (χ0v) is 10.4. The van der Waals surface area contributed by atoms with Gasteiger partial charge in [0.2, 0.25) is 6.39 Å². The highest BCUT2D eigenvalue weighted by atomic mass is 32.3. The van der Waals surface area contributed by atoms with E-state index in [0.717, 1.165) is 17.9 Å². The van der Waals surface area contributed by atoms with Gasteiger partial charge in [-0.15, -0.1) is 9.38 Å². The van der Waals surface area contributed by atoms with Crippen LogP contribution in [0.4, 0.5) is 4.79 Å². The van der Waals surface area contributed by atoms with Gasteiger partial charge in [0.05, 0.1) is 6.04 Å². The number of fused-ring (bicyclic) bond motifs is 2. The zero-order chi connectivity index (χ0) is 13.5. The minimum Gasteiger partial charge on any atom is -0.395 e. The Bertz CT molecular complexity index is 572. The van der Waals surface area contributed by atoms with Crippen LogP contribution in [-0.4, -0.2) is 53.7 Å². The van der Waals surface area contributed by atoms with Gasteiger partial charge < -0.3 is 13.5 Å². The number of carbonyl (C=O) groups is 1. The monoisotopic (exact) mass is 290 g/mol. The maximum atomic E-state index is 11.8. The molecular formula is C8H10N4O6S. The maximum absolute atomic E-state index is 11.8. The van der Waals surface area contributed by atoms with E-state index in [4.69, 9.17) is 0 Å². The number of piperidine rings is 1. The van der Waals surface area contributed by atoms with Crippen molar-refractivity contribution in [3.63, 3.8) is 0 Å². The molecule has 1 unspecified atom stereocenters. The maximum Gasteiger partial charge on any atom is 0.474 e. The first-order chi connectivity index (χ1) is 9.05. The summed E-state index contributed by atoms with van der Waals surface area (Å²) in [6.45, 7) is 1.05.